The molecule has 1 fully saturated rings. The third-order valence-corrected chi connectivity index (χ3v) is 5.14. The molecule has 10 heteroatoms. The lowest BCUT2D eigenvalue weighted by Crippen LogP contribution is -2.72. The van der Waals surface area contributed by atoms with E-state index in [1.54, 1.807) is 0 Å². The Balaban J connectivity index is 2.14. The van der Waals surface area contributed by atoms with Gasteiger partial charge in [-0.2, -0.15) is 18.4 Å². The standard InChI is InChI=1S/C17H12F3N3O3S/c18-17(19,20)16(26)12(14(24)11-2-1-7-27-11)13(22-15(25)23-16)10-5-3-9(8-21)4-6-10/h1-7,12-13,26H,(H2,22,23,25). The van der Waals surface area contributed by atoms with Gasteiger partial charge >= 0.3 is 12.2 Å². The van der Waals surface area contributed by atoms with E-state index in [-0.39, 0.29) is 16.0 Å². The van der Waals surface area contributed by atoms with Gasteiger partial charge in [0, 0.05) is 0 Å². The summed E-state index contributed by atoms with van der Waals surface area (Å²) in [5.41, 5.74) is -3.35. The van der Waals surface area contributed by atoms with E-state index in [0.29, 0.717) is 0 Å². The van der Waals surface area contributed by atoms with E-state index in [1.807, 2.05) is 6.07 Å². The van der Waals surface area contributed by atoms with Crippen LogP contribution in [0.1, 0.15) is 26.8 Å². The third kappa shape index (κ3) is 3.27. The van der Waals surface area contributed by atoms with Gasteiger partial charge in [0.05, 0.1) is 22.6 Å². The fourth-order valence-electron chi connectivity index (χ4n) is 2.95. The lowest BCUT2D eigenvalue weighted by Gasteiger charge is -2.44. The number of rotatable bonds is 3. The Labute approximate surface area is 155 Å². The van der Waals surface area contributed by atoms with Crippen LogP contribution >= 0.6 is 11.3 Å². The maximum atomic E-state index is 13.7. The number of ketones is 1. The summed E-state index contributed by atoms with van der Waals surface area (Å²) in [6.45, 7) is 0. The summed E-state index contributed by atoms with van der Waals surface area (Å²) in [5, 5.41) is 24.5. The molecule has 27 heavy (non-hydrogen) atoms. The Morgan fingerprint density at radius 1 is 1.26 bits per heavy atom. The fraction of sp³-hybridized carbons (Fsp3) is 0.235. The second-order valence-corrected chi connectivity index (χ2v) is 6.84. The molecule has 1 aromatic heterocycles. The maximum absolute atomic E-state index is 13.7. The van der Waals surface area contributed by atoms with E-state index in [1.165, 1.54) is 47.1 Å². The number of nitrogens with zero attached hydrogens (tertiary/aromatic N) is 1. The van der Waals surface area contributed by atoms with Gasteiger partial charge in [-0.15, -0.1) is 11.3 Å². The molecule has 6 nitrogen and oxygen atoms in total. The Hall–Kier alpha value is -2.90. The normalized spacial score (nSPS) is 25.2. The SMILES string of the molecule is N#Cc1ccc(C2NC(=O)NC(O)(C(F)(F)F)C2C(=O)c2cccs2)cc1. The van der Waals surface area contributed by atoms with Crippen molar-refractivity contribution in [3.63, 3.8) is 0 Å². The first-order chi connectivity index (χ1) is 12.7. The number of aliphatic hydroxyl groups is 1. The lowest BCUT2D eigenvalue weighted by atomic mass is 9.78. The van der Waals surface area contributed by atoms with E-state index < -0.39 is 35.7 Å². The van der Waals surface area contributed by atoms with Crippen LogP contribution in [-0.2, 0) is 0 Å². The number of nitriles is 1. The second-order valence-electron chi connectivity index (χ2n) is 5.89. The molecule has 0 bridgehead atoms. The van der Waals surface area contributed by atoms with Gasteiger partial charge in [0.15, 0.2) is 5.78 Å². The molecule has 1 aliphatic heterocycles. The van der Waals surface area contributed by atoms with Crippen LogP contribution < -0.4 is 10.6 Å². The average Bonchev–Trinajstić information content (AvgIpc) is 3.14. The van der Waals surface area contributed by atoms with Gasteiger partial charge in [-0.25, -0.2) is 4.79 Å². The van der Waals surface area contributed by atoms with Crippen molar-refractivity contribution in [2.24, 2.45) is 5.92 Å². The van der Waals surface area contributed by atoms with E-state index in [4.69, 9.17) is 5.26 Å². The minimum Gasteiger partial charge on any atom is -0.363 e. The number of amides is 2. The first-order valence-corrected chi connectivity index (χ1v) is 8.51. The van der Waals surface area contributed by atoms with Crippen LogP contribution in [0.5, 0.6) is 0 Å². The molecule has 0 saturated carbocycles. The van der Waals surface area contributed by atoms with E-state index in [9.17, 15) is 27.9 Å². The largest absolute Gasteiger partial charge is 0.437 e. The van der Waals surface area contributed by atoms with Crippen molar-refractivity contribution in [1.82, 2.24) is 10.6 Å². The summed E-state index contributed by atoms with van der Waals surface area (Å²) in [6, 6.07) is 7.36. The minimum absolute atomic E-state index is 0.0132. The van der Waals surface area contributed by atoms with Gasteiger partial charge in [-0.05, 0) is 29.1 Å². The number of hydrogen-bond acceptors (Lipinski definition) is 5. The highest BCUT2D eigenvalue weighted by Gasteiger charge is 2.66. The van der Waals surface area contributed by atoms with E-state index in [0.717, 1.165) is 11.3 Å². The van der Waals surface area contributed by atoms with Crippen molar-refractivity contribution in [2.45, 2.75) is 17.9 Å². The predicted molar refractivity (Wildman–Crippen MR) is 88.7 cm³/mol. The monoisotopic (exact) mass is 395 g/mol. The summed E-state index contributed by atoms with van der Waals surface area (Å²) in [7, 11) is 0. The molecule has 0 aliphatic carbocycles. The zero-order chi connectivity index (χ0) is 19.8. The number of carbonyl (C=O) groups excluding carboxylic acids is 2. The van der Waals surface area contributed by atoms with E-state index >= 15 is 0 Å². The molecule has 1 saturated heterocycles. The lowest BCUT2D eigenvalue weighted by molar-refractivity contribution is -0.287. The van der Waals surface area contributed by atoms with Gasteiger partial charge in [0.2, 0.25) is 5.72 Å². The first kappa shape index (κ1) is 18.9. The van der Waals surface area contributed by atoms with Gasteiger partial charge in [0.1, 0.15) is 5.92 Å². The van der Waals surface area contributed by atoms with Gasteiger partial charge in [0.25, 0.3) is 0 Å². The van der Waals surface area contributed by atoms with Gasteiger partial charge in [-0.3, -0.25) is 4.79 Å². The first-order valence-electron chi connectivity index (χ1n) is 7.63. The molecular weight excluding hydrogens is 383 g/mol. The molecule has 0 spiro atoms. The van der Waals surface area contributed by atoms with Gasteiger partial charge < -0.3 is 15.7 Å². The van der Waals surface area contributed by atoms with Crippen molar-refractivity contribution < 1.29 is 27.9 Å². The van der Waals surface area contributed by atoms with E-state index in [2.05, 4.69) is 5.32 Å². The highest BCUT2D eigenvalue weighted by Crippen LogP contribution is 2.44. The Bertz CT molecular complexity index is 906. The highest BCUT2D eigenvalue weighted by molar-refractivity contribution is 7.12. The number of hydrogen-bond donors (Lipinski definition) is 3. The van der Waals surface area contributed by atoms with Crippen LogP contribution in [0.15, 0.2) is 41.8 Å². The molecular formula is C17H12F3N3O3S. The van der Waals surface area contributed by atoms with Crippen molar-refractivity contribution in [2.75, 3.05) is 0 Å². The second kappa shape index (κ2) is 6.68. The number of carbonyl (C=O) groups is 2. The predicted octanol–water partition coefficient (Wildman–Crippen LogP) is 2.72. The van der Waals surface area contributed by atoms with Crippen molar-refractivity contribution >= 4 is 23.2 Å². The topological polar surface area (TPSA) is 102 Å². The number of urea groups is 1. The van der Waals surface area contributed by atoms with Crippen LogP contribution in [0.2, 0.25) is 0 Å². The Morgan fingerprint density at radius 2 is 1.93 bits per heavy atom. The maximum Gasteiger partial charge on any atom is 0.437 e. The molecule has 3 rings (SSSR count). The van der Waals surface area contributed by atoms with Crippen LogP contribution in [0, 0.1) is 17.2 Å². The molecule has 0 radical (unpaired) electrons. The van der Waals surface area contributed by atoms with Crippen molar-refractivity contribution in [3.05, 3.63) is 57.8 Å². The molecule has 140 valence electrons. The number of Topliss-reactive ketones (excluding diaryl/α,β-unsaturated/α-hetero) is 1. The highest BCUT2D eigenvalue weighted by atomic mass is 32.1. The Morgan fingerprint density at radius 3 is 2.44 bits per heavy atom. The summed E-state index contributed by atoms with van der Waals surface area (Å²) in [6.07, 6.45) is -5.30. The number of alkyl halides is 3. The average molecular weight is 395 g/mol. The van der Waals surface area contributed by atoms with Crippen LogP contribution in [-0.4, -0.2) is 28.8 Å². The number of halogens is 3. The number of thiophene rings is 1. The van der Waals surface area contributed by atoms with Crippen LogP contribution in [0.25, 0.3) is 0 Å². The number of nitrogens with one attached hydrogen (secondary N) is 2. The smallest absolute Gasteiger partial charge is 0.363 e. The van der Waals surface area contributed by atoms with Crippen LogP contribution in [0.4, 0.5) is 18.0 Å². The zero-order valence-electron chi connectivity index (χ0n) is 13.4. The van der Waals surface area contributed by atoms with Crippen molar-refractivity contribution in [1.29, 1.82) is 5.26 Å². The number of benzene rings is 1. The molecule has 3 atom stereocenters. The molecule has 3 unspecified atom stereocenters. The molecule has 2 amide bonds. The molecule has 1 aliphatic rings. The molecule has 2 aromatic rings. The summed E-state index contributed by atoms with van der Waals surface area (Å²) in [5.74, 6) is -3.03. The third-order valence-electron chi connectivity index (χ3n) is 4.25. The van der Waals surface area contributed by atoms with Crippen LogP contribution in [0.3, 0.4) is 0 Å². The minimum atomic E-state index is -5.30. The molecule has 2 heterocycles. The summed E-state index contributed by atoms with van der Waals surface area (Å²) >= 11 is 0.929. The summed E-state index contributed by atoms with van der Waals surface area (Å²) in [4.78, 5) is 24.7. The molecule has 3 N–H and O–H groups in total. The van der Waals surface area contributed by atoms with Crippen molar-refractivity contribution in [3.8, 4) is 6.07 Å². The fourth-order valence-corrected chi connectivity index (χ4v) is 3.66. The molecule has 1 aromatic carbocycles. The zero-order valence-corrected chi connectivity index (χ0v) is 14.3. The summed E-state index contributed by atoms with van der Waals surface area (Å²) < 4.78 is 41.0. The Kier molecular flexibility index (Phi) is 4.67. The van der Waals surface area contributed by atoms with Gasteiger partial charge in [-0.1, -0.05) is 18.2 Å². The quantitative estimate of drug-likeness (QED) is 0.696.